The molecule has 10 aromatic rings. The monoisotopic (exact) mass is 797 g/mol. The first-order chi connectivity index (χ1) is 31.8. The fourth-order valence-electron chi connectivity index (χ4n) is 8.45. The summed E-state index contributed by atoms with van der Waals surface area (Å²) in [4.78, 5) is 4.85. The number of benzene rings is 7. The second-order valence-corrected chi connectivity index (χ2v) is 17.0. The fourth-order valence-corrected chi connectivity index (χ4v) is 8.45. The van der Waals surface area contributed by atoms with E-state index in [1.54, 1.807) is 0 Å². The van der Waals surface area contributed by atoms with Crippen molar-refractivity contribution in [3.63, 3.8) is 0 Å². The van der Waals surface area contributed by atoms with Crippen molar-refractivity contribution >= 4 is 32.8 Å². The van der Waals surface area contributed by atoms with E-state index in [0.717, 1.165) is 61.9 Å². The Morgan fingerprint density at radius 2 is 1.39 bits per heavy atom. The minimum atomic E-state index is -0.434. The van der Waals surface area contributed by atoms with Gasteiger partial charge in [0.1, 0.15) is 17.3 Å². The molecule has 10 rings (SSSR count). The molecule has 61 heavy (non-hydrogen) atoms. The molecule has 0 saturated carbocycles. The summed E-state index contributed by atoms with van der Waals surface area (Å²) in [6.07, 6.45) is 6.43. The molecule has 0 unspecified atom stereocenters. The number of aromatic nitrogens is 4. The van der Waals surface area contributed by atoms with Gasteiger partial charge < -0.3 is 4.74 Å². The van der Waals surface area contributed by atoms with Crippen LogP contribution < -0.4 is 9.30 Å². The van der Waals surface area contributed by atoms with Crippen LogP contribution in [-0.2, 0) is 11.8 Å². The lowest BCUT2D eigenvalue weighted by Crippen LogP contribution is -2.31. The second-order valence-electron chi connectivity index (χ2n) is 17.0. The molecule has 0 radical (unpaired) electrons. The van der Waals surface area contributed by atoms with Crippen LogP contribution in [-0.4, -0.2) is 14.1 Å². The smallest absolute Gasteiger partial charge is 0.269 e. The van der Waals surface area contributed by atoms with Gasteiger partial charge in [-0.25, -0.2) is 4.98 Å². The van der Waals surface area contributed by atoms with E-state index in [9.17, 15) is 0 Å². The maximum absolute atomic E-state index is 9.08. The highest BCUT2D eigenvalue weighted by molar-refractivity contribution is 6.09. The van der Waals surface area contributed by atoms with Crippen molar-refractivity contribution in [2.24, 2.45) is 5.92 Å². The normalized spacial score (nSPS) is 13.0. The van der Waals surface area contributed by atoms with Crippen molar-refractivity contribution in [1.29, 1.82) is 0 Å². The molecule has 298 valence electrons. The van der Waals surface area contributed by atoms with Crippen LogP contribution in [0.4, 0.5) is 0 Å². The van der Waals surface area contributed by atoms with Gasteiger partial charge in [-0.3, -0.25) is 13.7 Å². The molecule has 0 N–H and O–H groups in total. The predicted molar refractivity (Wildman–Crippen MR) is 250 cm³/mol. The van der Waals surface area contributed by atoms with E-state index >= 15 is 0 Å². The lowest BCUT2D eigenvalue weighted by Gasteiger charge is -2.20. The first-order valence-corrected chi connectivity index (χ1v) is 20.8. The molecule has 0 amide bonds. The first-order valence-electron chi connectivity index (χ1n) is 23.3. The van der Waals surface area contributed by atoms with Crippen LogP contribution >= 0.6 is 0 Å². The summed E-state index contributed by atoms with van der Waals surface area (Å²) in [6, 6.07) is 47.1. The highest BCUT2D eigenvalue weighted by Crippen LogP contribution is 2.38. The molecule has 0 spiro atoms. The SMILES string of the molecule is [2H]c1c([2H])c([2H])c(-c2cccc(-c3cccc(CC(C)C)c3)c2-[n+]2[c-]n(-c3cccc(Oc4ccc5c6ccccc6n(-c6cc(C(C)(C)C)ccn6)c5c4)c3)c3ccccc32)c([2H])c1[2H]. The highest BCUT2D eigenvalue weighted by atomic mass is 16.5. The second kappa shape index (κ2) is 15.4. The summed E-state index contributed by atoms with van der Waals surface area (Å²) in [6.45, 7) is 11.0. The Hall–Kier alpha value is -7.24. The summed E-state index contributed by atoms with van der Waals surface area (Å²) < 4.78 is 56.6. The number of fused-ring (bicyclic) bond motifs is 4. The van der Waals surface area contributed by atoms with Crippen LogP contribution in [0.3, 0.4) is 0 Å². The van der Waals surface area contributed by atoms with E-state index in [1.165, 1.54) is 11.1 Å². The maximum atomic E-state index is 9.08. The number of imidazole rings is 1. The highest BCUT2D eigenvalue weighted by Gasteiger charge is 2.21. The third-order valence-electron chi connectivity index (χ3n) is 11.3. The molecule has 7 aromatic carbocycles. The van der Waals surface area contributed by atoms with Crippen molar-refractivity contribution < 1.29 is 16.2 Å². The van der Waals surface area contributed by atoms with Crippen molar-refractivity contribution in [1.82, 2.24) is 14.1 Å². The van der Waals surface area contributed by atoms with Gasteiger partial charge in [-0.15, -0.1) is 0 Å². The average molecular weight is 798 g/mol. The zero-order valence-electron chi connectivity index (χ0n) is 39.9. The Morgan fingerprint density at radius 3 is 2.21 bits per heavy atom. The van der Waals surface area contributed by atoms with E-state index in [-0.39, 0.29) is 35.1 Å². The molecule has 3 aromatic heterocycles. The van der Waals surface area contributed by atoms with Gasteiger partial charge in [-0.2, -0.15) is 0 Å². The number of rotatable bonds is 9. The number of pyridine rings is 1. The standard InChI is InChI=1S/C56H48N4O/c1-38(2)32-39-16-13-19-41(33-39)47-24-15-23-46(40-17-7-6-8-18-40)55(47)59-37-58(51-26-11-12-27-52(51)59)43-20-14-21-44(35-43)61-45-28-29-49-48-22-9-10-25-50(48)60(53(49)36-45)54-34-42(30-31-57-54)56(3,4)5/h6-31,33-36,38H,32H2,1-5H3/i6D,7D,8D,17D,18D. The molecule has 0 aliphatic carbocycles. The summed E-state index contributed by atoms with van der Waals surface area (Å²) in [7, 11) is 0. The molecule has 0 bridgehead atoms. The lowest BCUT2D eigenvalue weighted by molar-refractivity contribution is -0.571. The Labute approximate surface area is 364 Å². The number of hydrogen-bond acceptors (Lipinski definition) is 2. The third-order valence-corrected chi connectivity index (χ3v) is 11.3. The molecule has 5 nitrogen and oxygen atoms in total. The molecule has 3 heterocycles. The lowest BCUT2D eigenvalue weighted by atomic mass is 9.88. The Bertz CT molecular complexity index is 3500. The minimum Gasteiger partial charge on any atom is -0.458 e. The van der Waals surface area contributed by atoms with Crippen LogP contribution in [0.5, 0.6) is 11.5 Å². The largest absolute Gasteiger partial charge is 0.458 e. The minimum absolute atomic E-state index is 0.0490. The predicted octanol–water partition coefficient (Wildman–Crippen LogP) is 13.8. The zero-order valence-corrected chi connectivity index (χ0v) is 34.9. The van der Waals surface area contributed by atoms with Crippen molar-refractivity contribution in [2.75, 3.05) is 0 Å². The van der Waals surface area contributed by atoms with Gasteiger partial charge in [0.05, 0.1) is 40.3 Å². The quantitative estimate of drug-likeness (QED) is 0.108. The van der Waals surface area contributed by atoms with Gasteiger partial charge in [0.2, 0.25) is 0 Å². The van der Waals surface area contributed by atoms with E-state index in [1.807, 2.05) is 88.1 Å². The molecule has 0 aliphatic heterocycles. The molecule has 0 aliphatic rings. The van der Waals surface area contributed by atoms with Crippen LogP contribution in [0.15, 0.2) is 182 Å². The van der Waals surface area contributed by atoms with E-state index in [4.69, 9.17) is 16.6 Å². The summed E-state index contributed by atoms with van der Waals surface area (Å²) >= 11 is 0. The molecule has 0 saturated heterocycles. The Morgan fingerprint density at radius 1 is 0.672 bits per heavy atom. The van der Waals surface area contributed by atoms with Crippen molar-refractivity contribution in [2.45, 2.75) is 46.5 Å². The van der Waals surface area contributed by atoms with Crippen LogP contribution in [0, 0.1) is 12.2 Å². The maximum Gasteiger partial charge on any atom is 0.269 e. The van der Waals surface area contributed by atoms with Gasteiger partial charge in [0.15, 0.2) is 0 Å². The number of nitrogens with zero attached hydrogens (tertiary/aromatic N) is 4. The third kappa shape index (κ3) is 7.16. The number of ether oxygens (including phenoxy) is 1. The molecule has 5 heteroatoms. The van der Waals surface area contributed by atoms with Gasteiger partial charge in [-0.1, -0.05) is 156 Å². The average Bonchev–Trinajstić information content (AvgIpc) is 3.86. The topological polar surface area (TPSA) is 35.9 Å². The fraction of sp³-hybridized carbons (Fsp3) is 0.143. The van der Waals surface area contributed by atoms with Crippen LogP contribution in [0.25, 0.3) is 72.3 Å². The van der Waals surface area contributed by atoms with Gasteiger partial charge in [0, 0.05) is 23.0 Å². The Kier molecular flexibility index (Phi) is 8.24. The summed E-state index contributed by atoms with van der Waals surface area (Å²) in [5.41, 5.74) is 9.87. The van der Waals surface area contributed by atoms with E-state index < -0.39 is 6.04 Å². The van der Waals surface area contributed by atoms with Crippen molar-refractivity contribution in [3.05, 3.63) is 199 Å². The number of hydrogen-bond donors (Lipinski definition) is 0. The first kappa shape index (κ1) is 32.6. The molecular weight excluding hydrogens is 745 g/mol. The summed E-state index contributed by atoms with van der Waals surface area (Å²) in [5.74, 6) is 2.59. The number of para-hydroxylation sites is 4. The summed E-state index contributed by atoms with van der Waals surface area (Å²) in [5, 5.41) is 2.23. The van der Waals surface area contributed by atoms with E-state index in [2.05, 4.69) is 118 Å². The molecule has 0 fully saturated rings. The van der Waals surface area contributed by atoms with Crippen molar-refractivity contribution in [3.8, 4) is 50.9 Å². The molecule has 0 atom stereocenters. The van der Waals surface area contributed by atoms with Gasteiger partial charge >= 0.3 is 0 Å². The van der Waals surface area contributed by atoms with Crippen LogP contribution in [0.1, 0.15) is 52.6 Å². The van der Waals surface area contributed by atoms with Crippen LogP contribution in [0.2, 0.25) is 0 Å². The molecular formula is C56H48N4O. The van der Waals surface area contributed by atoms with Gasteiger partial charge in [-0.05, 0) is 99.7 Å². The zero-order chi connectivity index (χ0) is 46.0. The Balaban J connectivity index is 1.12. The van der Waals surface area contributed by atoms with E-state index in [0.29, 0.717) is 28.7 Å². The van der Waals surface area contributed by atoms with Gasteiger partial charge in [0.25, 0.3) is 6.33 Å².